The van der Waals surface area contributed by atoms with Gasteiger partial charge >= 0.3 is 6.03 Å². The number of piperidine rings is 1. The number of hydrogen-bond donors (Lipinski definition) is 1. The summed E-state index contributed by atoms with van der Waals surface area (Å²) in [6.07, 6.45) is 4.03. The number of fused-ring (bicyclic) bond motifs is 1. The van der Waals surface area contributed by atoms with Gasteiger partial charge in [-0.3, -0.25) is 4.98 Å². The molecule has 0 bridgehead atoms. The van der Waals surface area contributed by atoms with Gasteiger partial charge in [-0.25, -0.2) is 4.79 Å². The van der Waals surface area contributed by atoms with Gasteiger partial charge in [0.2, 0.25) is 0 Å². The summed E-state index contributed by atoms with van der Waals surface area (Å²) in [5.74, 6) is 0.575. The van der Waals surface area contributed by atoms with Crippen LogP contribution >= 0.6 is 15.9 Å². The van der Waals surface area contributed by atoms with Crippen LogP contribution in [0.1, 0.15) is 19.8 Å². The lowest BCUT2D eigenvalue weighted by Crippen LogP contribution is -2.41. The van der Waals surface area contributed by atoms with Crippen LogP contribution in [-0.4, -0.2) is 29.0 Å². The number of para-hydroxylation sites is 1. The first-order valence-corrected chi connectivity index (χ1v) is 8.03. The molecule has 2 heterocycles. The lowest BCUT2D eigenvalue weighted by molar-refractivity contribution is 0.182. The molecule has 0 spiro atoms. The van der Waals surface area contributed by atoms with E-state index in [1.54, 1.807) is 6.20 Å². The van der Waals surface area contributed by atoms with Gasteiger partial charge in [0.05, 0.1) is 11.2 Å². The molecule has 4 nitrogen and oxygen atoms in total. The Morgan fingerprint density at radius 1 is 1.48 bits per heavy atom. The molecule has 1 atom stereocenters. The first-order valence-electron chi connectivity index (χ1n) is 7.23. The normalized spacial score (nSPS) is 18.8. The Hall–Kier alpha value is -1.62. The van der Waals surface area contributed by atoms with Crippen molar-refractivity contribution in [2.45, 2.75) is 19.8 Å². The second kappa shape index (κ2) is 6.02. The number of halogens is 1. The number of anilines is 1. The van der Waals surface area contributed by atoms with Crippen LogP contribution in [0.5, 0.6) is 0 Å². The molecule has 21 heavy (non-hydrogen) atoms. The average molecular weight is 348 g/mol. The highest BCUT2D eigenvalue weighted by atomic mass is 79.9. The smallest absolute Gasteiger partial charge is 0.321 e. The van der Waals surface area contributed by atoms with E-state index in [-0.39, 0.29) is 6.03 Å². The first-order chi connectivity index (χ1) is 10.1. The Labute approximate surface area is 132 Å². The van der Waals surface area contributed by atoms with Gasteiger partial charge in [-0.15, -0.1) is 0 Å². The molecule has 3 rings (SSSR count). The maximum absolute atomic E-state index is 12.4. The molecule has 1 aromatic carbocycles. The minimum atomic E-state index is -0.0289. The summed E-state index contributed by atoms with van der Waals surface area (Å²) in [6.45, 7) is 3.85. The molecule has 0 aliphatic carbocycles. The minimum absolute atomic E-state index is 0.0289. The third-order valence-corrected chi connectivity index (χ3v) is 4.30. The number of pyridine rings is 1. The SMILES string of the molecule is CC1CCCN(C(=O)Nc2cccc3cc(Br)cnc23)C1. The van der Waals surface area contributed by atoms with E-state index in [9.17, 15) is 4.79 Å². The number of amides is 2. The van der Waals surface area contributed by atoms with Crippen molar-refractivity contribution in [3.05, 3.63) is 34.9 Å². The molecule has 5 heteroatoms. The molecular weight excluding hydrogens is 330 g/mol. The Morgan fingerprint density at radius 3 is 3.14 bits per heavy atom. The lowest BCUT2D eigenvalue weighted by Gasteiger charge is -2.31. The fraction of sp³-hybridized carbons (Fsp3) is 0.375. The fourth-order valence-corrected chi connectivity index (χ4v) is 3.15. The van der Waals surface area contributed by atoms with E-state index < -0.39 is 0 Å². The molecule has 0 radical (unpaired) electrons. The summed E-state index contributed by atoms with van der Waals surface area (Å²) in [5.41, 5.74) is 1.59. The highest BCUT2D eigenvalue weighted by Gasteiger charge is 2.21. The third kappa shape index (κ3) is 3.18. The predicted molar refractivity (Wildman–Crippen MR) is 88.4 cm³/mol. The zero-order valence-corrected chi connectivity index (χ0v) is 13.6. The van der Waals surface area contributed by atoms with Crippen LogP contribution in [0.3, 0.4) is 0 Å². The molecule has 1 aromatic heterocycles. The number of urea groups is 1. The first kappa shape index (κ1) is 14.3. The highest BCUT2D eigenvalue weighted by Crippen LogP contribution is 2.25. The topological polar surface area (TPSA) is 45.2 Å². The van der Waals surface area contributed by atoms with Crippen LogP contribution < -0.4 is 5.32 Å². The molecule has 2 amide bonds. The number of nitrogens with one attached hydrogen (secondary N) is 1. The van der Waals surface area contributed by atoms with Gasteiger partial charge < -0.3 is 10.2 Å². The van der Waals surface area contributed by atoms with E-state index >= 15 is 0 Å². The number of carbonyl (C=O) groups is 1. The molecule has 1 fully saturated rings. The van der Waals surface area contributed by atoms with Gasteiger partial charge in [-0.05, 0) is 46.8 Å². The number of rotatable bonds is 1. The molecule has 1 unspecified atom stereocenters. The quantitative estimate of drug-likeness (QED) is 0.837. The highest BCUT2D eigenvalue weighted by molar-refractivity contribution is 9.10. The summed E-state index contributed by atoms with van der Waals surface area (Å²) in [5, 5.41) is 4.01. The van der Waals surface area contributed by atoms with Gasteiger partial charge in [0.15, 0.2) is 0 Å². The van der Waals surface area contributed by atoms with E-state index in [2.05, 4.69) is 33.2 Å². The Kier molecular flexibility index (Phi) is 4.10. The molecular formula is C16H18BrN3O. The number of hydrogen-bond acceptors (Lipinski definition) is 2. The van der Waals surface area contributed by atoms with Crippen LogP contribution in [0, 0.1) is 5.92 Å². The Bertz CT molecular complexity index is 674. The van der Waals surface area contributed by atoms with Crippen LogP contribution in [-0.2, 0) is 0 Å². The van der Waals surface area contributed by atoms with Crippen LogP contribution in [0.4, 0.5) is 10.5 Å². The average Bonchev–Trinajstić information content (AvgIpc) is 2.47. The van der Waals surface area contributed by atoms with E-state index in [0.717, 1.165) is 40.6 Å². The standard InChI is InChI=1S/C16H18BrN3O/c1-11-4-3-7-20(10-11)16(21)19-14-6-2-5-12-8-13(17)9-18-15(12)14/h2,5-6,8-9,11H,3-4,7,10H2,1H3,(H,19,21). The molecule has 2 aromatic rings. The molecule has 1 N–H and O–H groups in total. The summed E-state index contributed by atoms with van der Waals surface area (Å²) < 4.78 is 0.934. The van der Waals surface area contributed by atoms with Crippen molar-refractivity contribution >= 4 is 38.6 Å². The molecule has 1 aliphatic heterocycles. The van der Waals surface area contributed by atoms with Gasteiger partial charge in [0, 0.05) is 29.1 Å². The van der Waals surface area contributed by atoms with Gasteiger partial charge in [-0.1, -0.05) is 19.1 Å². The van der Waals surface area contributed by atoms with Crippen molar-refractivity contribution in [2.24, 2.45) is 5.92 Å². The molecule has 1 aliphatic rings. The molecule has 0 saturated carbocycles. The van der Waals surface area contributed by atoms with Crippen molar-refractivity contribution in [3.8, 4) is 0 Å². The minimum Gasteiger partial charge on any atom is -0.324 e. The van der Waals surface area contributed by atoms with Crippen LogP contribution in [0.15, 0.2) is 34.9 Å². The zero-order chi connectivity index (χ0) is 14.8. The van der Waals surface area contributed by atoms with Crippen molar-refractivity contribution in [2.75, 3.05) is 18.4 Å². The number of carbonyl (C=O) groups excluding carboxylic acids is 1. The van der Waals surface area contributed by atoms with Gasteiger partial charge in [0.1, 0.15) is 0 Å². The third-order valence-electron chi connectivity index (χ3n) is 3.86. The summed E-state index contributed by atoms with van der Waals surface area (Å²) in [6, 6.07) is 7.80. The second-order valence-corrected chi connectivity index (χ2v) is 6.57. The van der Waals surface area contributed by atoms with E-state index in [0.29, 0.717) is 5.92 Å². The fourth-order valence-electron chi connectivity index (χ4n) is 2.80. The number of nitrogens with zero attached hydrogens (tertiary/aromatic N) is 2. The van der Waals surface area contributed by atoms with Crippen molar-refractivity contribution in [1.29, 1.82) is 0 Å². The molecule has 1 saturated heterocycles. The number of likely N-dealkylation sites (tertiary alicyclic amines) is 1. The largest absolute Gasteiger partial charge is 0.324 e. The summed E-state index contributed by atoms with van der Waals surface area (Å²) in [7, 11) is 0. The van der Waals surface area contributed by atoms with Crippen LogP contribution in [0.2, 0.25) is 0 Å². The van der Waals surface area contributed by atoms with Gasteiger partial charge in [-0.2, -0.15) is 0 Å². The van der Waals surface area contributed by atoms with Crippen molar-refractivity contribution in [1.82, 2.24) is 9.88 Å². The van der Waals surface area contributed by atoms with E-state index in [1.165, 1.54) is 6.42 Å². The zero-order valence-electron chi connectivity index (χ0n) is 12.0. The van der Waals surface area contributed by atoms with Crippen LogP contribution in [0.25, 0.3) is 10.9 Å². The second-order valence-electron chi connectivity index (χ2n) is 5.65. The Morgan fingerprint density at radius 2 is 2.33 bits per heavy atom. The Balaban J connectivity index is 1.83. The maximum atomic E-state index is 12.4. The van der Waals surface area contributed by atoms with E-state index in [1.807, 2.05) is 29.2 Å². The van der Waals surface area contributed by atoms with Crippen molar-refractivity contribution in [3.63, 3.8) is 0 Å². The number of aromatic nitrogens is 1. The lowest BCUT2D eigenvalue weighted by atomic mass is 10.0. The van der Waals surface area contributed by atoms with Gasteiger partial charge in [0.25, 0.3) is 0 Å². The monoisotopic (exact) mass is 347 g/mol. The molecule has 110 valence electrons. The van der Waals surface area contributed by atoms with E-state index in [4.69, 9.17) is 0 Å². The summed E-state index contributed by atoms with van der Waals surface area (Å²) in [4.78, 5) is 18.7. The van der Waals surface area contributed by atoms with Crippen molar-refractivity contribution < 1.29 is 4.79 Å². The number of benzene rings is 1. The maximum Gasteiger partial charge on any atom is 0.321 e. The summed E-state index contributed by atoms with van der Waals surface area (Å²) >= 11 is 3.42. The predicted octanol–water partition coefficient (Wildman–Crippen LogP) is 4.26.